The first-order valence-electron chi connectivity index (χ1n) is 8.58. The zero-order chi connectivity index (χ0) is 20.8. The molecule has 0 atom stereocenters. The number of carbonyl (C=O) groups is 1. The van der Waals surface area contributed by atoms with Crippen LogP contribution in [-0.2, 0) is 6.61 Å². The molecule has 0 aliphatic carbocycles. The van der Waals surface area contributed by atoms with Crippen molar-refractivity contribution in [3.05, 3.63) is 93.0 Å². The van der Waals surface area contributed by atoms with Gasteiger partial charge < -0.3 is 10.1 Å². The van der Waals surface area contributed by atoms with Gasteiger partial charge in [-0.25, -0.2) is 0 Å². The normalized spacial score (nSPS) is 10.4. The summed E-state index contributed by atoms with van der Waals surface area (Å²) in [6, 6.07) is 18.6. The van der Waals surface area contributed by atoms with E-state index < -0.39 is 10.8 Å². The number of rotatable bonds is 7. The number of ether oxygens (including phenoxy) is 1. The van der Waals surface area contributed by atoms with Gasteiger partial charge in [-0.1, -0.05) is 29.8 Å². The summed E-state index contributed by atoms with van der Waals surface area (Å²) in [6.07, 6.45) is 1.84. The van der Waals surface area contributed by atoms with Crippen LogP contribution in [0.1, 0.15) is 15.9 Å². The van der Waals surface area contributed by atoms with E-state index in [4.69, 9.17) is 16.3 Å². The van der Waals surface area contributed by atoms with Crippen LogP contribution in [0.25, 0.3) is 0 Å². The van der Waals surface area contributed by atoms with Crippen molar-refractivity contribution in [1.29, 1.82) is 0 Å². The van der Waals surface area contributed by atoms with Gasteiger partial charge in [0.25, 0.3) is 11.6 Å². The topological polar surface area (TPSA) is 81.5 Å². The Morgan fingerprint density at radius 1 is 1.14 bits per heavy atom. The number of anilines is 1. The minimum atomic E-state index is -0.565. The molecule has 3 rings (SSSR count). The zero-order valence-electron chi connectivity index (χ0n) is 15.4. The second kappa shape index (κ2) is 9.45. The van der Waals surface area contributed by atoms with Gasteiger partial charge in [0.2, 0.25) is 0 Å². The quantitative estimate of drug-likeness (QED) is 0.292. The van der Waals surface area contributed by atoms with Crippen LogP contribution in [-0.4, -0.2) is 17.1 Å². The third-order valence-corrected chi connectivity index (χ3v) is 5.20. The highest BCUT2D eigenvalue weighted by atomic mass is 35.5. The molecule has 0 saturated carbocycles. The van der Waals surface area contributed by atoms with Gasteiger partial charge in [-0.3, -0.25) is 14.9 Å². The number of hydrogen-bond donors (Lipinski definition) is 1. The molecule has 0 heterocycles. The lowest BCUT2D eigenvalue weighted by Crippen LogP contribution is -2.14. The molecular weight excluding hydrogens is 412 g/mol. The zero-order valence-corrected chi connectivity index (χ0v) is 17.0. The fourth-order valence-corrected chi connectivity index (χ4v) is 3.22. The van der Waals surface area contributed by atoms with E-state index in [1.807, 2.05) is 24.5 Å². The fourth-order valence-electron chi connectivity index (χ4n) is 2.59. The molecule has 0 bridgehead atoms. The maximum absolute atomic E-state index is 12.6. The summed E-state index contributed by atoms with van der Waals surface area (Å²) in [5.41, 5.74) is 1.15. The van der Waals surface area contributed by atoms with Gasteiger partial charge in [-0.05, 0) is 48.7 Å². The average molecular weight is 429 g/mol. The number of carbonyl (C=O) groups excluding carboxylic acids is 1. The standard InChI is InChI=1S/C21H17ClN2O4S/c1-29-17-10-11-20(24(26)27)18(12-17)21(25)23-15-6-8-16(9-7-15)28-13-14-4-2-3-5-19(14)22/h2-12H,13H2,1H3,(H,23,25). The van der Waals surface area contributed by atoms with E-state index in [1.165, 1.54) is 23.9 Å². The minimum Gasteiger partial charge on any atom is -0.489 e. The maximum Gasteiger partial charge on any atom is 0.282 e. The van der Waals surface area contributed by atoms with Crippen molar-refractivity contribution in [2.24, 2.45) is 0 Å². The summed E-state index contributed by atoms with van der Waals surface area (Å²) in [5, 5.41) is 14.5. The van der Waals surface area contributed by atoms with Gasteiger partial charge in [0, 0.05) is 27.2 Å². The summed E-state index contributed by atoms with van der Waals surface area (Å²) >= 11 is 7.52. The molecule has 0 fully saturated rings. The van der Waals surface area contributed by atoms with Crippen LogP contribution in [0.3, 0.4) is 0 Å². The summed E-state index contributed by atoms with van der Waals surface area (Å²) < 4.78 is 5.71. The molecule has 0 unspecified atom stereocenters. The Labute approximate surface area is 177 Å². The minimum absolute atomic E-state index is 0.0147. The van der Waals surface area contributed by atoms with Gasteiger partial charge in [0.05, 0.1) is 4.92 Å². The van der Waals surface area contributed by atoms with Crippen molar-refractivity contribution < 1.29 is 14.5 Å². The molecule has 3 aromatic rings. The monoisotopic (exact) mass is 428 g/mol. The van der Waals surface area contributed by atoms with Gasteiger partial charge >= 0.3 is 0 Å². The Kier molecular flexibility index (Phi) is 6.74. The van der Waals surface area contributed by atoms with Gasteiger partial charge in [0.15, 0.2) is 0 Å². The molecule has 0 aliphatic rings. The molecular formula is C21H17ClN2O4S. The molecule has 148 valence electrons. The van der Waals surface area contributed by atoms with Gasteiger partial charge in [-0.15, -0.1) is 11.8 Å². The van der Waals surface area contributed by atoms with Crippen LogP contribution >= 0.6 is 23.4 Å². The lowest BCUT2D eigenvalue weighted by atomic mass is 10.1. The fraction of sp³-hybridized carbons (Fsp3) is 0.0952. The highest BCUT2D eigenvalue weighted by Crippen LogP contribution is 2.26. The summed E-state index contributed by atoms with van der Waals surface area (Å²) in [6.45, 7) is 0.319. The van der Waals surface area contributed by atoms with E-state index in [-0.39, 0.29) is 11.3 Å². The Bertz CT molecular complexity index is 1040. The van der Waals surface area contributed by atoms with Crippen molar-refractivity contribution in [2.45, 2.75) is 11.5 Å². The molecule has 1 amide bonds. The number of nitro benzene ring substituents is 1. The predicted octanol–water partition coefficient (Wildman–Crippen LogP) is 5.80. The van der Waals surface area contributed by atoms with Crippen LogP contribution in [0.4, 0.5) is 11.4 Å². The summed E-state index contributed by atoms with van der Waals surface area (Å²) in [5.74, 6) is 0.0654. The first-order chi connectivity index (χ1) is 14.0. The number of thioether (sulfide) groups is 1. The van der Waals surface area contributed by atoms with E-state index in [2.05, 4.69) is 5.32 Å². The summed E-state index contributed by atoms with van der Waals surface area (Å²) in [4.78, 5) is 24.0. The molecule has 1 N–H and O–H groups in total. The first kappa shape index (κ1) is 20.7. The molecule has 0 aliphatic heterocycles. The Morgan fingerprint density at radius 3 is 2.52 bits per heavy atom. The molecule has 6 nitrogen and oxygen atoms in total. The third-order valence-electron chi connectivity index (χ3n) is 4.11. The number of amides is 1. The maximum atomic E-state index is 12.6. The van der Waals surface area contributed by atoms with E-state index >= 15 is 0 Å². The van der Waals surface area contributed by atoms with Gasteiger partial charge in [-0.2, -0.15) is 0 Å². The molecule has 0 saturated heterocycles. The number of hydrogen-bond acceptors (Lipinski definition) is 5. The second-order valence-electron chi connectivity index (χ2n) is 6.00. The first-order valence-corrected chi connectivity index (χ1v) is 10.2. The molecule has 8 heteroatoms. The lowest BCUT2D eigenvalue weighted by molar-refractivity contribution is -0.385. The van der Waals surface area contributed by atoms with Crippen molar-refractivity contribution in [1.82, 2.24) is 0 Å². The van der Waals surface area contributed by atoms with E-state index in [0.717, 1.165) is 10.5 Å². The highest BCUT2D eigenvalue weighted by molar-refractivity contribution is 7.98. The Balaban J connectivity index is 1.69. The lowest BCUT2D eigenvalue weighted by Gasteiger charge is -2.10. The average Bonchev–Trinajstić information content (AvgIpc) is 2.73. The molecule has 29 heavy (non-hydrogen) atoms. The van der Waals surface area contributed by atoms with Crippen molar-refractivity contribution in [3.8, 4) is 5.75 Å². The number of nitro groups is 1. The van der Waals surface area contributed by atoms with Crippen LogP contribution in [0.2, 0.25) is 5.02 Å². The van der Waals surface area contributed by atoms with E-state index in [9.17, 15) is 14.9 Å². The Hall–Kier alpha value is -3.03. The molecule has 0 radical (unpaired) electrons. The van der Waals surface area contributed by atoms with Crippen molar-refractivity contribution in [3.63, 3.8) is 0 Å². The second-order valence-corrected chi connectivity index (χ2v) is 7.29. The van der Waals surface area contributed by atoms with Gasteiger partial charge in [0.1, 0.15) is 17.9 Å². The van der Waals surface area contributed by atoms with Crippen molar-refractivity contribution in [2.75, 3.05) is 11.6 Å². The van der Waals surface area contributed by atoms with Crippen LogP contribution in [0.5, 0.6) is 5.75 Å². The number of nitrogens with one attached hydrogen (secondary N) is 1. The molecule has 0 aromatic heterocycles. The van der Waals surface area contributed by atoms with Crippen LogP contribution in [0, 0.1) is 10.1 Å². The van der Waals surface area contributed by atoms with Crippen LogP contribution < -0.4 is 10.1 Å². The van der Waals surface area contributed by atoms with Crippen LogP contribution in [0.15, 0.2) is 71.6 Å². The summed E-state index contributed by atoms with van der Waals surface area (Å²) in [7, 11) is 0. The smallest absolute Gasteiger partial charge is 0.282 e. The largest absolute Gasteiger partial charge is 0.489 e. The van der Waals surface area contributed by atoms with E-state index in [1.54, 1.807) is 36.4 Å². The van der Waals surface area contributed by atoms with E-state index in [0.29, 0.717) is 23.1 Å². The highest BCUT2D eigenvalue weighted by Gasteiger charge is 2.20. The third kappa shape index (κ3) is 5.28. The number of nitrogens with zero attached hydrogens (tertiary/aromatic N) is 1. The molecule has 0 spiro atoms. The number of halogens is 1. The van der Waals surface area contributed by atoms with Crippen molar-refractivity contribution >= 4 is 40.6 Å². The Morgan fingerprint density at radius 2 is 1.86 bits per heavy atom. The molecule has 3 aromatic carbocycles. The predicted molar refractivity (Wildman–Crippen MR) is 115 cm³/mol. The SMILES string of the molecule is CSc1ccc([N+](=O)[O-])c(C(=O)Nc2ccc(OCc3ccccc3Cl)cc2)c1. The number of benzene rings is 3.